The standard InChI is InChI=1S/C31H29N3/c1-31(2,3)22-23-14-16-26(17-15-23)29-32-33-30(34(29)28-12-8-5-9-13-28)27-20-18-25(19-21-27)24-10-6-4-7-11-24/h4-21H,22H2,1-3H3. The second kappa shape index (κ2) is 9.11. The number of nitrogens with zero attached hydrogens (tertiary/aromatic N) is 3. The monoisotopic (exact) mass is 443 g/mol. The molecule has 0 aliphatic rings. The summed E-state index contributed by atoms with van der Waals surface area (Å²) in [5.74, 6) is 1.68. The van der Waals surface area contributed by atoms with Crippen molar-refractivity contribution in [1.29, 1.82) is 0 Å². The Morgan fingerprint density at radius 1 is 0.529 bits per heavy atom. The van der Waals surface area contributed by atoms with Crippen molar-refractivity contribution in [2.75, 3.05) is 0 Å². The zero-order valence-electron chi connectivity index (χ0n) is 19.9. The lowest BCUT2D eigenvalue weighted by atomic mass is 9.88. The van der Waals surface area contributed by atoms with Gasteiger partial charge in [-0.3, -0.25) is 4.57 Å². The Morgan fingerprint density at radius 3 is 1.50 bits per heavy atom. The molecule has 0 aliphatic carbocycles. The smallest absolute Gasteiger partial charge is 0.168 e. The number of rotatable bonds is 5. The molecule has 5 rings (SSSR count). The van der Waals surface area contributed by atoms with Crippen LogP contribution in [0.1, 0.15) is 26.3 Å². The molecule has 0 aliphatic heterocycles. The zero-order chi connectivity index (χ0) is 23.5. The molecule has 4 aromatic carbocycles. The van der Waals surface area contributed by atoms with E-state index < -0.39 is 0 Å². The van der Waals surface area contributed by atoms with Crippen LogP contribution in [0.3, 0.4) is 0 Å². The Kier molecular flexibility index (Phi) is 5.85. The summed E-state index contributed by atoms with van der Waals surface area (Å²) in [7, 11) is 0. The van der Waals surface area contributed by atoms with E-state index in [0.29, 0.717) is 0 Å². The minimum absolute atomic E-state index is 0.255. The van der Waals surface area contributed by atoms with Crippen molar-refractivity contribution in [2.24, 2.45) is 5.41 Å². The summed E-state index contributed by atoms with van der Waals surface area (Å²) in [6.45, 7) is 6.80. The van der Waals surface area contributed by atoms with E-state index in [1.807, 2.05) is 24.3 Å². The number of para-hydroxylation sites is 1. The van der Waals surface area contributed by atoms with Crippen molar-refractivity contribution in [3.63, 3.8) is 0 Å². The third kappa shape index (κ3) is 4.69. The van der Waals surface area contributed by atoms with Crippen molar-refractivity contribution in [2.45, 2.75) is 27.2 Å². The van der Waals surface area contributed by atoms with E-state index in [1.54, 1.807) is 0 Å². The Balaban J connectivity index is 1.56. The van der Waals surface area contributed by atoms with Gasteiger partial charge in [0.2, 0.25) is 0 Å². The summed E-state index contributed by atoms with van der Waals surface area (Å²) in [6.07, 6.45) is 1.04. The average molecular weight is 444 g/mol. The lowest BCUT2D eigenvalue weighted by molar-refractivity contribution is 0.411. The molecule has 0 saturated heterocycles. The van der Waals surface area contributed by atoms with Gasteiger partial charge >= 0.3 is 0 Å². The SMILES string of the molecule is CC(C)(C)Cc1ccc(-c2nnc(-c3ccc(-c4ccccc4)cc3)n2-c2ccccc2)cc1. The first-order valence-electron chi connectivity index (χ1n) is 11.7. The van der Waals surface area contributed by atoms with E-state index in [-0.39, 0.29) is 5.41 Å². The molecule has 3 nitrogen and oxygen atoms in total. The molecule has 0 saturated carbocycles. The van der Waals surface area contributed by atoms with Gasteiger partial charge in [-0.25, -0.2) is 0 Å². The van der Waals surface area contributed by atoms with Gasteiger partial charge in [-0.05, 0) is 40.7 Å². The molecular weight excluding hydrogens is 414 g/mol. The van der Waals surface area contributed by atoms with Crippen molar-refractivity contribution < 1.29 is 0 Å². The van der Waals surface area contributed by atoms with Gasteiger partial charge in [-0.15, -0.1) is 10.2 Å². The molecule has 0 amide bonds. The molecule has 0 fully saturated rings. The molecule has 34 heavy (non-hydrogen) atoms. The largest absolute Gasteiger partial charge is 0.275 e. The number of aromatic nitrogens is 3. The van der Waals surface area contributed by atoms with Crippen LogP contribution in [0.25, 0.3) is 39.6 Å². The van der Waals surface area contributed by atoms with Crippen LogP contribution in [0.4, 0.5) is 0 Å². The number of hydrogen-bond donors (Lipinski definition) is 0. The van der Waals surface area contributed by atoms with Crippen LogP contribution in [0.5, 0.6) is 0 Å². The summed E-state index contributed by atoms with van der Waals surface area (Å²) in [6, 6.07) is 38.0. The molecule has 5 aromatic rings. The van der Waals surface area contributed by atoms with Gasteiger partial charge in [0.05, 0.1) is 0 Å². The summed E-state index contributed by atoms with van der Waals surface area (Å²) in [5, 5.41) is 9.27. The molecule has 0 spiro atoms. The first kappa shape index (κ1) is 21.8. The van der Waals surface area contributed by atoms with Crippen LogP contribution < -0.4 is 0 Å². The minimum Gasteiger partial charge on any atom is -0.275 e. The van der Waals surface area contributed by atoms with Crippen LogP contribution in [-0.4, -0.2) is 14.8 Å². The first-order valence-corrected chi connectivity index (χ1v) is 11.7. The van der Waals surface area contributed by atoms with Crippen LogP contribution in [0, 0.1) is 5.41 Å². The van der Waals surface area contributed by atoms with E-state index in [2.05, 4.69) is 120 Å². The van der Waals surface area contributed by atoms with Crippen LogP contribution in [-0.2, 0) is 6.42 Å². The highest BCUT2D eigenvalue weighted by molar-refractivity contribution is 5.71. The van der Waals surface area contributed by atoms with Crippen LogP contribution >= 0.6 is 0 Å². The summed E-state index contributed by atoms with van der Waals surface area (Å²) >= 11 is 0. The lowest BCUT2D eigenvalue weighted by Crippen LogP contribution is -2.08. The molecule has 0 bridgehead atoms. The van der Waals surface area contributed by atoms with Crippen molar-refractivity contribution >= 4 is 0 Å². The van der Waals surface area contributed by atoms with Gasteiger partial charge in [-0.1, -0.05) is 118 Å². The van der Waals surface area contributed by atoms with Crippen molar-refractivity contribution in [1.82, 2.24) is 14.8 Å². The highest BCUT2D eigenvalue weighted by Gasteiger charge is 2.18. The van der Waals surface area contributed by atoms with Crippen LogP contribution in [0.15, 0.2) is 109 Å². The maximum absolute atomic E-state index is 4.64. The van der Waals surface area contributed by atoms with Gasteiger partial charge in [-0.2, -0.15) is 0 Å². The predicted octanol–water partition coefficient (Wildman–Crippen LogP) is 7.86. The Hall–Kier alpha value is -3.98. The fourth-order valence-electron chi connectivity index (χ4n) is 4.31. The Morgan fingerprint density at radius 2 is 0.971 bits per heavy atom. The highest BCUT2D eigenvalue weighted by atomic mass is 15.3. The normalized spacial score (nSPS) is 11.5. The van der Waals surface area contributed by atoms with Crippen LogP contribution in [0.2, 0.25) is 0 Å². The molecule has 0 unspecified atom stereocenters. The van der Waals surface area contributed by atoms with Gasteiger partial charge in [0.25, 0.3) is 0 Å². The van der Waals surface area contributed by atoms with Gasteiger partial charge < -0.3 is 0 Å². The van der Waals surface area contributed by atoms with Gasteiger partial charge in [0.15, 0.2) is 11.6 Å². The highest BCUT2D eigenvalue weighted by Crippen LogP contribution is 2.31. The minimum atomic E-state index is 0.255. The number of hydrogen-bond acceptors (Lipinski definition) is 2. The van der Waals surface area contributed by atoms with E-state index in [0.717, 1.165) is 34.9 Å². The topological polar surface area (TPSA) is 30.7 Å². The zero-order valence-corrected chi connectivity index (χ0v) is 19.9. The van der Waals surface area contributed by atoms with Gasteiger partial charge in [0.1, 0.15) is 0 Å². The fraction of sp³-hybridized carbons (Fsp3) is 0.161. The fourth-order valence-corrected chi connectivity index (χ4v) is 4.31. The van der Waals surface area contributed by atoms with Gasteiger partial charge in [0, 0.05) is 16.8 Å². The predicted molar refractivity (Wildman–Crippen MR) is 141 cm³/mol. The second-order valence-corrected chi connectivity index (χ2v) is 9.90. The molecule has 0 N–H and O–H groups in total. The average Bonchev–Trinajstić information content (AvgIpc) is 3.30. The van der Waals surface area contributed by atoms with E-state index in [9.17, 15) is 0 Å². The summed E-state index contributed by atoms with van der Waals surface area (Å²) in [5.41, 5.74) is 7.11. The Labute approximate surface area is 201 Å². The number of benzene rings is 4. The molecular formula is C31H29N3. The lowest BCUT2D eigenvalue weighted by Gasteiger charge is -2.18. The Bertz CT molecular complexity index is 1360. The van der Waals surface area contributed by atoms with E-state index in [4.69, 9.17) is 0 Å². The molecule has 0 radical (unpaired) electrons. The molecule has 1 aromatic heterocycles. The maximum atomic E-state index is 4.64. The van der Waals surface area contributed by atoms with Crippen molar-refractivity contribution in [3.05, 3.63) is 115 Å². The maximum Gasteiger partial charge on any atom is 0.168 e. The molecule has 0 atom stereocenters. The van der Waals surface area contributed by atoms with E-state index >= 15 is 0 Å². The molecule has 1 heterocycles. The quantitative estimate of drug-likeness (QED) is 0.277. The molecule has 3 heteroatoms. The third-order valence-electron chi connectivity index (χ3n) is 5.87. The summed E-state index contributed by atoms with van der Waals surface area (Å²) < 4.78 is 2.15. The third-order valence-corrected chi connectivity index (χ3v) is 5.87. The second-order valence-electron chi connectivity index (χ2n) is 9.90. The first-order chi connectivity index (χ1) is 16.5. The van der Waals surface area contributed by atoms with Crippen molar-refractivity contribution in [3.8, 4) is 39.6 Å². The van der Waals surface area contributed by atoms with E-state index in [1.165, 1.54) is 16.7 Å². The molecule has 168 valence electrons. The summed E-state index contributed by atoms with van der Waals surface area (Å²) in [4.78, 5) is 0.